The molecular weight excluding hydrogens is 226 g/mol. The van der Waals surface area contributed by atoms with Crippen molar-refractivity contribution in [3.05, 3.63) is 53.1 Å². The van der Waals surface area contributed by atoms with Crippen LogP contribution >= 0.6 is 0 Å². The second-order valence-electron chi connectivity index (χ2n) is 4.41. The fourth-order valence-electron chi connectivity index (χ4n) is 1.86. The highest BCUT2D eigenvalue weighted by Crippen LogP contribution is 2.25. The molecule has 0 aliphatic carbocycles. The summed E-state index contributed by atoms with van der Waals surface area (Å²) in [5.41, 5.74) is 10.6. The third kappa shape index (κ3) is 2.20. The Morgan fingerprint density at radius 2 is 1.61 bits per heavy atom. The monoisotopic (exact) mass is 241 g/mol. The van der Waals surface area contributed by atoms with Gasteiger partial charge in [0.2, 0.25) is 0 Å². The lowest BCUT2D eigenvalue weighted by Gasteiger charge is -2.08. The summed E-state index contributed by atoms with van der Waals surface area (Å²) in [4.78, 5) is 10.9. The predicted octanol–water partition coefficient (Wildman–Crippen LogP) is 3.25. The molecule has 92 valence electrons. The van der Waals surface area contributed by atoms with Gasteiger partial charge >= 0.3 is 5.97 Å². The van der Waals surface area contributed by atoms with E-state index in [1.54, 1.807) is 18.2 Å². The lowest BCUT2D eigenvalue weighted by atomic mass is 9.99. The number of hydrogen-bond acceptors (Lipinski definition) is 2. The highest BCUT2D eigenvalue weighted by Gasteiger charge is 2.09. The van der Waals surface area contributed by atoms with Crippen LogP contribution in [0.5, 0.6) is 0 Å². The van der Waals surface area contributed by atoms with Gasteiger partial charge in [0, 0.05) is 5.69 Å². The number of aryl methyl sites for hydroxylation is 2. The first kappa shape index (κ1) is 12.2. The Hall–Kier alpha value is -2.29. The molecule has 2 rings (SSSR count). The number of carboxylic acids is 1. The van der Waals surface area contributed by atoms with E-state index in [4.69, 9.17) is 10.8 Å². The number of hydrogen-bond donors (Lipinski definition) is 2. The maximum atomic E-state index is 10.9. The maximum Gasteiger partial charge on any atom is 0.337 e. The van der Waals surface area contributed by atoms with Crippen LogP contribution in [0.3, 0.4) is 0 Å². The van der Waals surface area contributed by atoms with Crippen molar-refractivity contribution < 1.29 is 9.90 Å². The van der Waals surface area contributed by atoms with Crippen molar-refractivity contribution in [3.63, 3.8) is 0 Å². The van der Waals surface area contributed by atoms with Gasteiger partial charge in [0.25, 0.3) is 0 Å². The third-order valence-corrected chi connectivity index (χ3v) is 3.12. The molecule has 0 unspecified atom stereocenters. The third-order valence-electron chi connectivity index (χ3n) is 3.12. The second-order valence-corrected chi connectivity index (χ2v) is 4.41. The molecular formula is C15H15NO2. The molecule has 0 radical (unpaired) electrons. The Morgan fingerprint density at radius 1 is 1.00 bits per heavy atom. The number of rotatable bonds is 2. The Bertz CT molecular complexity index is 618. The molecule has 2 aromatic carbocycles. The Morgan fingerprint density at radius 3 is 2.17 bits per heavy atom. The summed E-state index contributed by atoms with van der Waals surface area (Å²) in [5, 5.41) is 8.93. The first-order chi connectivity index (χ1) is 8.49. The Balaban J connectivity index is 2.48. The van der Waals surface area contributed by atoms with Crippen LogP contribution in [0.4, 0.5) is 5.69 Å². The van der Waals surface area contributed by atoms with Crippen molar-refractivity contribution >= 4 is 11.7 Å². The standard InChI is InChI=1S/C15H15NO2/c1-9-3-4-11(7-10(9)2)12-5-6-13(15(17)18)14(16)8-12/h3-8H,16H2,1-2H3,(H,17,18). The zero-order valence-corrected chi connectivity index (χ0v) is 10.4. The van der Waals surface area contributed by atoms with Crippen molar-refractivity contribution in [2.75, 3.05) is 5.73 Å². The molecule has 3 nitrogen and oxygen atoms in total. The number of aromatic carboxylic acids is 1. The summed E-state index contributed by atoms with van der Waals surface area (Å²) in [7, 11) is 0. The molecule has 3 heteroatoms. The van der Waals surface area contributed by atoms with Crippen molar-refractivity contribution in [2.24, 2.45) is 0 Å². The first-order valence-electron chi connectivity index (χ1n) is 5.69. The topological polar surface area (TPSA) is 63.3 Å². The summed E-state index contributed by atoms with van der Waals surface area (Å²) in [6.45, 7) is 4.11. The van der Waals surface area contributed by atoms with Crippen LogP contribution in [0.1, 0.15) is 21.5 Å². The number of carbonyl (C=O) groups is 1. The minimum atomic E-state index is -1.00. The van der Waals surface area contributed by atoms with Gasteiger partial charge in [-0.3, -0.25) is 0 Å². The Labute approximate surface area is 106 Å². The quantitative estimate of drug-likeness (QED) is 0.793. The van der Waals surface area contributed by atoms with Gasteiger partial charge in [-0.15, -0.1) is 0 Å². The summed E-state index contributed by atoms with van der Waals surface area (Å²) in [6, 6.07) is 11.2. The van der Waals surface area contributed by atoms with Gasteiger partial charge in [-0.1, -0.05) is 24.3 Å². The zero-order chi connectivity index (χ0) is 13.3. The molecule has 0 saturated carbocycles. The molecule has 0 aliphatic rings. The molecule has 0 bridgehead atoms. The summed E-state index contributed by atoms with van der Waals surface area (Å²) in [6.07, 6.45) is 0. The molecule has 0 aliphatic heterocycles. The van der Waals surface area contributed by atoms with Gasteiger partial charge in [-0.05, 0) is 48.2 Å². The summed E-state index contributed by atoms with van der Waals surface area (Å²) < 4.78 is 0. The highest BCUT2D eigenvalue weighted by atomic mass is 16.4. The lowest BCUT2D eigenvalue weighted by molar-refractivity contribution is 0.0698. The van der Waals surface area contributed by atoms with Crippen LogP contribution in [-0.2, 0) is 0 Å². The van der Waals surface area contributed by atoms with Crippen molar-refractivity contribution in [1.29, 1.82) is 0 Å². The molecule has 0 fully saturated rings. The smallest absolute Gasteiger partial charge is 0.337 e. The van der Waals surface area contributed by atoms with Crippen LogP contribution in [-0.4, -0.2) is 11.1 Å². The number of nitrogens with two attached hydrogens (primary N) is 1. The van der Waals surface area contributed by atoms with E-state index in [0.717, 1.165) is 11.1 Å². The van der Waals surface area contributed by atoms with E-state index >= 15 is 0 Å². The van der Waals surface area contributed by atoms with Gasteiger partial charge in [0.15, 0.2) is 0 Å². The van der Waals surface area contributed by atoms with Gasteiger partial charge < -0.3 is 10.8 Å². The minimum Gasteiger partial charge on any atom is -0.478 e. The normalized spacial score (nSPS) is 10.3. The van der Waals surface area contributed by atoms with Gasteiger partial charge in [-0.25, -0.2) is 4.79 Å². The fraction of sp³-hybridized carbons (Fsp3) is 0.133. The van der Waals surface area contributed by atoms with Crippen molar-refractivity contribution in [2.45, 2.75) is 13.8 Å². The molecule has 0 atom stereocenters. The van der Waals surface area contributed by atoms with Crippen LogP contribution < -0.4 is 5.73 Å². The molecule has 0 amide bonds. The maximum absolute atomic E-state index is 10.9. The van der Waals surface area contributed by atoms with Gasteiger partial charge in [0.05, 0.1) is 5.56 Å². The number of nitrogen functional groups attached to an aromatic ring is 1. The second kappa shape index (κ2) is 4.53. The average molecular weight is 241 g/mol. The molecule has 0 heterocycles. The number of carboxylic acid groups (broad SMARTS) is 1. The molecule has 3 N–H and O–H groups in total. The molecule has 18 heavy (non-hydrogen) atoms. The van der Waals surface area contributed by atoms with E-state index in [-0.39, 0.29) is 5.56 Å². The van der Waals surface area contributed by atoms with E-state index in [1.807, 2.05) is 19.1 Å². The van der Waals surface area contributed by atoms with Crippen LogP contribution in [0.2, 0.25) is 0 Å². The number of benzene rings is 2. The van der Waals surface area contributed by atoms with E-state index in [0.29, 0.717) is 5.69 Å². The van der Waals surface area contributed by atoms with Crippen LogP contribution in [0.25, 0.3) is 11.1 Å². The van der Waals surface area contributed by atoms with E-state index < -0.39 is 5.97 Å². The predicted molar refractivity (Wildman–Crippen MR) is 72.7 cm³/mol. The fourth-order valence-corrected chi connectivity index (χ4v) is 1.86. The molecule has 2 aromatic rings. The largest absolute Gasteiger partial charge is 0.478 e. The van der Waals surface area contributed by atoms with Crippen molar-refractivity contribution in [1.82, 2.24) is 0 Å². The summed E-state index contributed by atoms with van der Waals surface area (Å²) in [5.74, 6) is -1.00. The van der Waals surface area contributed by atoms with Crippen molar-refractivity contribution in [3.8, 4) is 11.1 Å². The lowest BCUT2D eigenvalue weighted by Crippen LogP contribution is -2.02. The minimum absolute atomic E-state index is 0.141. The zero-order valence-electron chi connectivity index (χ0n) is 10.4. The van der Waals surface area contributed by atoms with E-state index in [2.05, 4.69) is 13.0 Å². The SMILES string of the molecule is Cc1ccc(-c2ccc(C(=O)O)c(N)c2)cc1C. The number of anilines is 1. The van der Waals surface area contributed by atoms with Gasteiger partial charge in [-0.2, -0.15) is 0 Å². The van der Waals surface area contributed by atoms with E-state index in [1.165, 1.54) is 11.1 Å². The molecule has 0 aromatic heterocycles. The summed E-state index contributed by atoms with van der Waals surface area (Å²) >= 11 is 0. The average Bonchev–Trinajstić information content (AvgIpc) is 2.32. The van der Waals surface area contributed by atoms with Crippen LogP contribution in [0, 0.1) is 13.8 Å². The highest BCUT2D eigenvalue weighted by molar-refractivity contribution is 5.94. The Kier molecular flexibility index (Phi) is 3.06. The first-order valence-corrected chi connectivity index (χ1v) is 5.69. The molecule has 0 spiro atoms. The van der Waals surface area contributed by atoms with Gasteiger partial charge in [0.1, 0.15) is 0 Å². The molecule has 0 saturated heterocycles. The van der Waals surface area contributed by atoms with E-state index in [9.17, 15) is 4.79 Å². The van der Waals surface area contributed by atoms with Crippen LogP contribution in [0.15, 0.2) is 36.4 Å².